The number of hydrogen-bond acceptors (Lipinski definition) is 5. The van der Waals surface area contributed by atoms with Crippen LogP contribution in [-0.4, -0.2) is 18.7 Å². The summed E-state index contributed by atoms with van der Waals surface area (Å²) < 4.78 is 5.36. The molecule has 0 aliphatic rings. The number of ether oxygens (including phenoxy) is 1. The molecule has 0 fully saturated rings. The number of carbonyl (C=O) groups excluding carboxylic acids is 1. The summed E-state index contributed by atoms with van der Waals surface area (Å²) in [6.45, 7) is -0.0873. The van der Waals surface area contributed by atoms with Gasteiger partial charge in [-0.25, -0.2) is 11.3 Å². The van der Waals surface area contributed by atoms with Gasteiger partial charge in [-0.2, -0.15) is 5.10 Å². The summed E-state index contributed by atoms with van der Waals surface area (Å²) in [5, 5.41) is 3.95. The SMILES string of the molecule is NOC(c1ccccc1)c1ccc(CC=NNC(=O)COc2ccccc2)cc1. The molecule has 3 aromatic carbocycles. The summed E-state index contributed by atoms with van der Waals surface area (Å²) in [4.78, 5) is 16.9. The monoisotopic (exact) mass is 389 g/mol. The molecule has 0 spiro atoms. The van der Waals surface area contributed by atoms with Crippen molar-refractivity contribution in [1.82, 2.24) is 5.43 Å². The summed E-state index contributed by atoms with van der Waals surface area (Å²) in [5.41, 5.74) is 5.46. The highest BCUT2D eigenvalue weighted by Crippen LogP contribution is 2.24. The zero-order valence-corrected chi connectivity index (χ0v) is 15.9. The van der Waals surface area contributed by atoms with E-state index in [1.54, 1.807) is 18.3 Å². The quantitative estimate of drug-likeness (QED) is 0.434. The van der Waals surface area contributed by atoms with Crippen LogP contribution in [0.2, 0.25) is 0 Å². The minimum Gasteiger partial charge on any atom is -0.484 e. The van der Waals surface area contributed by atoms with Gasteiger partial charge in [0, 0.05) is 12.6 Å². The molecule has 29 heavy (non-hydrogen) atoms. The minimum absolute atomic E-state index is 0.0873. The Bertz CT molecular complexity index is 913. The van der Waals surface area contributed by atoms with Crippen molar-refractivity contribution in [3.05, 3.63) is 102 Å². The fourth-order valence-corrected chi connectivity index (χ4v) is 2.77. The molecule has 3 rings (SSSR count). The number of amides is 1. The van der Waals surface area contributed by atoms with E-state index in [0.29, 0.717) is 12.2 Å². The van der Waals surface area contributed by atoms with E-state index >= 15 is 0 Å². The fourth-order valence-electron chi connectivity index (χ4n) is 2.77. The molecule has 0 aromatic heterocycles. The number of hydrogen-bond donors (Lipinski definition) is 2. The molecule has 0 aliphatic heterocycles. The molecule has 0 bridgehead atoms. The lowest BCUT2D eigenvalue weighted by atomic mass is 10.00. The highest BCUT2D eigenvalue weighted by Gasteiger charge is 2.13. The van der Waals surface area contributed by atoms with E-state index in [1.165, 1.54) is 0 Å². The van der Waals surface area contributed by atoms with E-state index in [0.717, 1.165) is 16.7 Å². The van der Waals surface area contributed by atoms with Crippen LogP contribution in [-0.2, 0) is 16.1 Å². The van der Waals surface area contributed by atoms with Crippen LogP contribution in [0, 0.1) is 0 Å². The van der Waals surface area contributed by atoms with Crippen LogP contribution in [0.25, 0.3) is 0 Å². The van der Waals surface area contributed by atoms with Crippen LogP contribution in [0.3, 0.4) is 0 Å². The Balaban J connectivity index is 1.46. The molecular weight excluding hydrogens is 366 g/mol. The van der Waals surface area contributed by atoms with Gasteiger partial charge in [0.1, 0.15) is 11.9 Å². The zero-order chi connectivity index (χ0) is 20.3. The molecule has 0 aliphatic carbocycles. The van der Waals surface area contributed by atoms with Gasteiger partial charge < -0.3 is 4.74 Å². The Morgan fingerprint density at radius 2 is 1.55 bits per heavy atom. The maximum Gasteiger partial charge on any atom is 0.277 e. The van der Waals surface area contributed by atoms with Crippen molar-refractivity contribution >= 4 is 12.1 Å². The van der Waals surface area contributed by atoms with E-state index in [4.69, 9.17) is 15.5 Å². The van der Waals surface area contributed by atoms with Gasteiger partial charge in [-0.1, -0.05) is 72.8 Å². The molecule has 3 aromatic rings. The predicted octanol–water partition coefficient (Wildman–Crippen LogP) is 3.39. The van der Waals surface area contributed by atoms with Crippen LogP contribution in [0.4, 0.5) is 0 Å². The van der Waals surface area contributed by atoms with Gasteiger partial charge in [-0.15, -0.1) is 0 Å². The molecule has 0 saturated heterocycles. The van der Waals surface area contributed by atoms with Gasteiger partial charge in [0.25, 0.3) is 5.91 Å². The third-order valence-corrected chi connectivity index (χ3v) is 4.24. The topological polar surface area (TPSA) is 85.9 Å². The molecular formula is C23H23N3O3. The number of para-hydroxylation sites is 1. The molecule has 6 nitrogen and oxygen atoms in total. The Labute approximate surface area is 169 Å². The highest BCUT2D eigenvalue weighted by molar-refractivity contribution is 5.78. The number of nitrogens with one attached hydrogen (secondary N) is 1. The Morgan fingerprint density at radius 3 is 2.21 bits per heavy atom. The first kappa shape index (κ1) is 20.3. The molecule has 0 saturated carbocycles. The van der Waals surface area contributed by atoms with Crippen molar-refractivity contribution in [2.24, 2.45) is 11.0 Å². The van der Waals surface area contributed by atoms with Gasteiger partial charge in [0.15, 0.2) is 6.61 Å². The summed E-state index contributed by atoms with van der Waals surface area (Å²) in [6, 6.07) is 26.9. The Hall–Kier alpha value is -3.48. The molecule has 0 heterocycles. The van der Waals surface area contributed by atoms with E-state index in [9.17, 15) is 4.79 Å². The summed E-state index contributed by atoms with van der Waals surface area (Å²) in [6.07, 6.45) is 1.91. The van der Waals surface area contributed by atoms with Gasteiger partial charge in [-0.05, 0) is 28.8 Å². The molecule has 1 atom stereocenters. The van der Waals surface area contributed by atoms with Crippen molar-refractivity contribution in [2.45, 2.75) is 12.5 Å². The van der Waals surface area contributed by atoms with Gasteiger partial charge in [0.2, 0.25) is 0 Å². The predicted molar refractivity (Wildman–Crippen MR) is 112 cm³/mol. The van der Waals surface area contributed by atoms with Gasteiger partial charge in [0.05, 0.1) is 0 Å². The standard InChI is InChI=1S/C23H23N3O3/c24-29-23(19-7-3-1-4-8-19)20-13-11-18(12-14-20)15-16-25-26-22(27)17-28-21-9-5-2-6-10-21/h1-14,16,23H,15,17,24H2,(H,26,27). The Morgan fingerprint density at radius 1 is 0.931 bits per heavy atom. The second kappa shape index (κ2) is 10.8. The lowest BCUT2D eigenvalue weighted by Gasteiger charge is -2.15. The van der Waals surface area contributed by atoms with Gasteiger partial charge >= 0.3 is 0 Å². The highest BCUT2D eigenvalue weighted by atomic mass is 16.6. The van der Waals surface area contributed by atoms with E-state index in [1.807, 2.05) is 72.8 Å². The van der Waals surface area contributed by atoms with Crippen molar-refractivity contribution < 1.29 is 14.4 Å². The molecule has 1 amide bonds. The van der Waals surface area contributed by atoms with Crippen LogP contribution in [0.15, 0.2) is 90.0 Å². The first-order valence-electron chi connectivity index (χ1n) is 9.24. The Kier molecular flexibility index (Phi) is 7.51. The largest absolute Gasteiger partial charge is 0.484 e. The van der Waals surface area contributed by atoms with E-state index < -0.39 is 0 Å². The van der Waals surface area contributed by atoms with Crippen LogP contribution in [0.5, 0.6) is 5.75 Å². The van der Waals surface area contributed by atoms with Gasteiger partial charge in [-0.3, -0.25) is 9.63 Å². The molecule has 1 unspecified atom stereocenters. The van der Waals surface area contributed by atoms with Crippen LogP contribution < -0.4 is 16.1 Å². The number of nitrogens with zero attached hydrogens (tertiary/aromatic N) is 1. The minimum atomic E-state index is -0.317. The first-order valence-corrected chi connectivity index (χ1v) is 9.24. The molecule has 148 valence electrons. The average Bonchev–Trinajstić information content (AvgIpc) is 2.78. The fraction of sp³-hybridized carbons (Fsp3) is 0.130. The summed E-state index contributed by atoms with van der Waals surface area (Å²) in [7, 11) is 0. The smallest absolute Gasteiger partial charge is 0.277 e. The van der Waals surface area contributed by atoms with E-state index in [2.05, 4.69) is 10.5 Å². The number of hydrazone groups is 1. The molecule has 3 N–H and O–H groups in total. The molecule has 6 heteroatoms. The summed E-state index contributed by atoms with van der Waals surface area (Å²) in [5.74, 6) is 5.82. The average molecular weight is 389 g/mol. The number of benzene rings is 3. The van der Waals surface area contributed by atoms with Crippen molar-refractivity contribution in [2.75, 3.05) is 6.61 Å². The normalized spacial score (nSPS) is 11.9. The van der Waals surface area contributed by atoms with E-state index in [-0.39, 0.29) is 18.6 Å². The third kappa shape index (κ3) is 6.27. The first-order chi connectivity index (χ1) is 14.3. The maximum atomic E-state index is 11.7. The van der Waals surface area contributed by atoms with Crippen LogP contribution >= 0.6 is 0 Å². The second-order valence-corrected chi connectivity index (χ2v) is 6.32. The lowest BCUT2D eigenvalue weighted by Crippen LogP contribution is -2.24. The number of carbonyl (C=O) groups is 1. The summed E-state index contributed by atoms with van der Waals surface area (Å²) >= 11 is 0. The molecule has 0 radical (unpaired) electrons. The van der Waals surface area contributed by atoms with Crippen molar-refractivity contribution in [3.8, 4) is 5.75 Å². The third-order valence-electron chi connectivity index (χ3n) is 4.24. The number of rotatable bonds is 9. The van der Waals surface area contributed by atoms with Crippen LogP contribution in [0.1, 0.15) is 22.8 Å². The lowest BCUT2D eigenvalue weighted by molar-refractivity contribution is -0.123. The zero-order valence-electron chi connectivity index (χ0n) is 15.9. The van der Waals surface area contributed by atoms with Crippen molar-refractivity contribution in [1.29, 1.82) is 0 Å². The maximum absolute atomic E-state index is 11.7. The number of nitrogens with two attached hydrogens (primary N) is 1. The second-order valence-electron chi connectivity index (χ2n) is 6.32. The van der Waals surface area contributed by atoms with Crippen molar-refractivity contribution in [3.63, 3.8) is 0 Å².